The summed E-state index contributed by atoms with van der Waals surface area (Å²) in [5.41, 5.74) is 5.85. The summed E-state index contributed by atoms with van der Waals surface area (Å²) >= 11 is 0. The topological polar surface area (TPSA) is 50.8 Å². The summed E-state index contributed by atoms with van der Waals surface area (Å²) in [5, 5.41) is 3.00. The zero-order valence-electron chi connectivity index (χ0n) is 19.6. The van der Waals surface area contributed by atoms with Gasteiger partial charge in [0.05, 0.1) is 6.10 Å². The van der Waals surface area contributed by atoms with Crippen LogP contribution in [0.1, 0.15) is 39.9 Å². The van der Waals surface area contributed by atoms with Crippen LogP contribution in [-0.4, -0.2) is 32.2 Å². The largest absolute Gasteiger partial charge is 0.489 e. The molecule has 1 amide bonds. The molecule has 0 radical (unpaired) electrons. The third-order valence-corrected chi connectivity index (χ3v) is 6.22. The predicted molar refractivity (Wildman–Crippen MR) is 133 cm³/mol. The van der Waals surface area contributed by atoms with E-state index < -0.39 is 0 Å². The second-order valence-corrected chi connectivity index (χ2v) is 8.68. The van der Waals surface area contributed by atoms with Crippen LogP contribution in [0.5, 0.6) is 5.75 Å². The van der Waals surface area contributed by atoms with Crippen LogP contribution in [-0.2, 0) is 11.3 Å². The van der Waals surface area contributed by atoms with Crippen molar-refractivity contribution in [2.75, 3.05) is 30.4 Å². The lowest BCUT2D eigenvalue weighted by atomic mass is 10.1. The van der Waals surface area contributed by atoms with Crippen LogP contribution >= 0.6 is 0 Å². The van der Waals surface area contributed by atoms with E-state index in [1.54, 1.807) is 13.2 Å². The lowest BCUT2D eigenvalue weighted by Gasteiger charge is -2.33. The number of hydrogen-bond acceptors (Lipinski definition) is 4. The average molecular weight is 445 g/mol. The standard InChI is InChI=1S/C28H32N2O3/c1-20-4-6-22(7-5-20)19-33-27-13-8-23(18-21(27)2)28(31)29-24-9-11-25(12-10-24)30-16-14-26(32-3)15-17-30/h4-13,18,26H,14-17,19H2,1-3H3,(H,29,31). The number of ether oxygens (including phenoxy) is 2. The van der Waals surface area contributed by atoms with Crippen molar-refractivity contribution in [3.8, 4) is 5.75 Å². The molecule has 0 unspecified atom stereocenters. The Morgan fingerprint density at radius 3 is 2.30 bits per heavy atom. The fraction of sp³-hybridized carbons (Fsp3) is 0.321. The lowest BCUT2D eigenvalue weighted by molar-refractivity contribution is 0.0819. The first-order valence-electron chi connectivity index (χ1n) is 11.5. The molecule has 5 heteroatoms. The van der Waals surface area contributed by atoms with E-state index in [2.05, 4.69) is 53.5 Å². The van der Waals surface area contributed by atoms with Gasteiger partial charge < -0.3 is 19.7 Å². The number of nitrogens with one attached hydrogen (secondary N) is 1. The van der Waals surface area contributed by atoms with E-state index in [1.807, 2.05) is 31.2 Å². The molecule has 0 aliphatic carbocycles. The van der Waals surface area contributed by atoms with Gasteiger partial charge >= 0.3 is 0 Å². The average Bonchev–Trinajstić information content (AvgIpc) is 2.85. The maximum Gasteiger partial charge on any atom is 0.255 e. The molecule has 1 aliphatic rings. The number of aryl methyl sites for hydroxylation is 2. The van der Waals surface area contributed by atoms with Crippen LogP contribution in [0.4, 0.5) is 11.4 Å². The third-order valence-electron chi connectivity index (χ3n) is 6.22. The SMILES string of the molecule is COC1CCN(c2ccc(NC(=O)c3ccc(OCc4ccc(C)cc4)c(C)c3)cc2)CC1. The Kier molecular flexibility index (Phi) is 7.30. The van der Waals surface area contributed by atoms with E-state index >= 15 is 0 Å². The van der Waals surface area contributed by atoms with E-state index in [0.717, 1.165) is 48.5 Å². The third kappa shape index (κ3) is 5.93. The highest BCUT2D eigenvalue weighted by Crippen LogP contribution is 2.24. The van der Waals surface area contributed by atoms with E-state index in [0.29, 0.717) is 18.3 Å². The minimum atomic E-state index is -0.128. The Labute approximate surface area is 196 Å². The van der Waals surface area contributed by atoms with Gasteiger partial charge in [0.25, 0.3) is 5.91 Å². The van der Waals surface area contributed by atoms with Gasteiger partial charge in [-0.1, -0.05) is 29.8 Å². The highest BCUT2D eigenvalue weighted by Gasteiger charge is 2.19. The van der Waals surface area contributed by atoms with Crippen LogP contribution in [0.25, 0.3) is 0 Å². The van der Waals surface area contributed by atoms with Gasteiger partial charge in [-0.3, -0.25) is 4.79 Å². The molecule has 1 fully saturated rings. The van der Waals surface area contributed by atoms with Crippen molar-refractivity contribution < 1.29 is 14.3 Å². The Morgan fingerprint density at radius 1 is 0.970 bits per heavy atom. The predicted octanol–water partition coefficient (Wildman–Crippen LogP) is 5.75. The Morgan fingerprint density at radius 2 is 1.67 bits per heavy atom. The van der Waals surface area contributed by atoms with Crippen LogP contribution < -0.4 is 15.0 Å². The molecule has 1 saturated heterocycles. The molecule has 3 aromatic rings. The second-order valence-electron chi connectivity index (χ2n) is 8.68. The normalized spacial score (nSPS) is 14.2. The van der Waals surface area contributed by atoms with Gasteiger partial charge in [-0.15, -0.1) is 0 Å². The lowest BCUT2D eigenvalue weighted by Crippen LogP contribution is -2.36. The summed E-state index contributed by atoms with van der Waals surface area (Å²) in [6.07, 6.45) is 2.45. The molecule has 33 heavy (non-hydrogen) atoms. The van der Waals surface area contributed by atoms with Crippen molar-refractivity contribution in [2.45, 2.75) is 39.4 Å². The van der Waals surface area contributed by atoms with Gasteiger partial charge in [0.1, 0.15) is 12.4 Å². The van der Waals surface area contributed by atoms with Crippen molar-refractivity contribution in [3.05, 3.63) is 89.0 Å². The smallest absolute Gasteiger partial charge is 0.255 e. The van der Waals surface area contributed by atoms with Crippen molar-refractivity contribution in [1.29, 1.82) is 0 Å². The molecule has 1 aliphatic heterocycles. The summed E-state index contributed by atoms with van der Waals surface area (Å²) in [5.74, 6) is 0.658. The van der Waals surface area contributed by atoms with E-state index in [4.69, 9.17) is 9.47 Å². The zero-order valence-corrected chi connectivity index (χ0v) is 19.6. The molecule has 5 nitrogen and oxygen atoms in total. The number of methoxy groups -OCH3 is 1. The van der Waals surface area contributed by atoms with Gasteiger partial charge in [-0.2, -0.15) is 0 Å². The first-order valence-corrected chi connectivity index (χ1v) is 11.5. The quantitative estimate of drug-likeness (QED) is 0.504. The number of carbonyl (C=O) groups excluding carboxylic acids is 1. The maximum atomic E-state index is 12.8. The molecule has 1 N–H and O–H groups in total. The molecule has 172 valence electrons. The zero-order chi connectivity index (χ0) is 23.2. The van der Waals surface area contributed by atoms with Gasteiger partial charge in [0.15, 0.2) is 0 Å². The number of anilines is 2. The van der Waals surface area contributed by atoms with Crippen LogP contribution in [0.2, 0.25) is 0 Å². The van der Waals surface area contributed by atoms with E-state index in [9.17, 15) is 4.79 Å². The van der Waals surface area contributed by atoms with Gasteiger partial charge in [-0.05, 0) is 80.3 Å². The molecular weight excluding hydrogens is 412 g/mol. The molecule has 1 heterocycles. The highest BCUT2D eigenvalue weighted by molar-refractivity contribution is 6.04. The van der Waals surface area contributed by atoms with Crippen LogP contribution in [0.3, 0.4) is 0 Å². The van der Waals surface area contributed by atoms with Crippen LogP contribution in [0, 0.1) is 13.8 Å². The summed E-state index contributed by atoms with van der Waals surface area (Å²) in [6, 6.07) is 21.9. The fourth-order valence-corrected chi connectivity index (χ4v) is 4.11. The summed E-state index contributed by atoms with van der Waals surface area (Å²) in [6.45, 7) is 6.51. The van der Waals surface area contributed by atoms with Crippen molar-refractivity contribution in [2.24, 2.45) is 0 Å². The maximum absolute atomic E-state index is 12.8. The van der Waals surface area contributed by atoms with Gasteiger partial charge in [0, 0.05) is 37.1 Å². The van der Waals surface area contributed by atoms with E-state index in [1.165, 1.54) is 11.3 Å². The number of benzene rings is 3. The van der Waals surface area contributed by atoms with Gasteiger partial charge in [0.2, 0.25) is 0 Å². The van der Waals surface area contributed by atoms with E-state index in [-0.39, 0.29) is 5.91 Å². The summed E-state index contributed by atoms with van der Waals surface area (Å²) in [7, 11) is 1.78. The molecular formula is C28H32N2O3. The molecule has 0 spiro atoms. The number of rotatable bonds is 7. The van der Waals surface area contributed by atoms with Crippen molar-refractivity contribution >= 4 is 17.3 Å². The Hall–Kier alpha value is -3.31. The minimum absolute atomic E-state index is 0.128. The molecule has 0 atom stereocenters. The Balaban J connectivity index is 1.33. The number of piperidine rings is 1. The molecule has 3 aromatic carbocycles. The molecule has 0 saturated carbocycles. The fourth-order valence-electron chi connectivity index (χ4n) is 4.11. The van der Waals surface area contributed by atoms with Crippen LogP contribution in [0.15, 0.2) is 66.7 Å². The first kappa shape index (κ1) is 22.9. The molecule has 0 aromatic heterocycles. The number of nitrogens with zero attached hydrogens (tertiary/aromatic N) is 1. The highest BCUT2D eigenvalue weighted by atomic mass is 16.5. The molecule has 4 rings (SSSR count). The number of amides is 1. The Bertz CT molecular complexity index is 1070. The number of hydrogen-bond donors (Lipinski definition) is 1. The number of carbonyl (C=O) groups is 1. The molecule has 0 bridgehead atoms. The van der Waals surface area contributed by atoms with Crippen molar-refractivity contribution in [3.63, 3.8) is 0 Å². The summed E-state index contributed by atoms with van der Waals surface area (Å²) in [4.78, 5) is 15.1. The van der Waals surface area contributed by atoms with Crippen molar-refractivity contribution in [1.82, 2.24) is 0 Å². The monoisotopic (exact) mass is 444 g/mol. The first-order chi connectivity index (χ1) is 16.0. The second kappa shape index (κ2) is 10.5. The minimum Gasteiger partial charge on any atom is -0.489 e. The van der Waals surface area contributed by atoms with Gasteiger partial charge in [-0.25, -0.2) is 0 Å². The summed E-state index contributed by atoms with van der Waals surface area (Å²) < 4.78 is 11.4.